The maximum absolute atomic E-state index is 13.0. The van der Waals surface area contributed by atoms with Gasteiger partial charge < -0.3 is 9.88 Å². The van der Waals surface area contributed by atoms with Crippen LogP contribution in [0.1, 0.15) is 41.1 Å². The predicted molar refractivity (Wildman–Crippen MR) is 106 cm³/mol. The lowest BCUT2D eigenvalue weighted by atomic mass is 10.1. The Labute approximate surface area is 157 Å². The zero-order valence-corrected chi connectivity index (χ0v) is 15.9. The molecule has 3 heterocycles. The average molecular weight is 366 g/mol. The van der Waals surface area contributed by atoms with E-state index in [1.54, 1.807) is 11.8 Å². The van der Waals surface area contributed by atoms with Gasteiger partial charge in [-0.05, 0) is 50.3 Å². The molecule has 2 aromatic heterocycles. The summed E-state index contributed by atoms with van der Waals surface area (Å²) in [6.45, 7) is 2.86. The zero-order chi connectivity index (χ0) is 18.1. The summed E-state index contributed by atoms with van der Waals surface area (Å²) in [6, 6.07) is 9.71. The van der Waals surface area contributed by atoms with Gasteiger partial charge in [0.25, 0.3) is 5.91 Å². The number of aromatic nitrogens is 3. The number of anilines is 1. The minimum absolute atomic E-state index is 0.132. The van der Waals surface area contributed by atoms with E-state index >= 15 is 0 Å². The highest BCUT2D eigenvalue weighted by Crippen LogP contribution is 2.25. The van der Waals surface area contributed by atoms with Crippen LogP contribution in [0, 0.1) is 6.92 Å². The molecule has 0 fully saturated rings. The van der Waals surface area contributed by atoms with Gasteiger partial charge in [-0.25, -0.2) is 9.97 Å². The van der Waals surface area contributed by atoms with E-state index in [-0.39, 0.29) is 5.91 Å². The van der Waals surface area contributed by atoms with E-state index in [1.165, 1.54) is 6.42 Å². The maximum Gasteiger partial charge on any atom is 0.258 e. The fourth-order valence-corrected chi connectivity index (χ4v) is 3.95. The van der Waals surface area contributed by atoms with Crippen LogP contribution in [0.2, 0.25) is 0 Å². The van der Waals surface area contributed by atoms with Crippen molar-refractivity contribution in [3.8, 4) is 0 Å². The Morgan fingerprint density at radius 1 is 1.19 bits per heavy atom. The molecule has 0 aliphatic carbocycles. The first-order chi connectivity index (χ1) is 12.7. The van der Waals surface area contributed by atoms with E-state index in [9.17, 15) is 4.79 Å². The molecule has 0 radical (unpaired) electrons. The molecule has 0 spiro atoms. The van der Waals surface area contributed by atoms with Crippen molar-refractivity contribution >= 4 is 34.5 Å². The third-order valence-corrected chi connectivity index (χ3v) is 5.49. The third-order valence-electron chi connectivity index (χ3n) is 4.76. The Hall–Kier alpha value is -2.34. The van der Waals surface area contributed by atoms with Gasteiger partial charge in [0.1, 0.15) is 11.3 Å². The van der Waals surface area contributed by atoms with E-state index in [4.69, 9.17) is 4.98 Å². The lowest BCUT2D eigenvalue weighted by Gasteiger charge is -2.09. The fraction of sp³-hybridized carbons (Fsp3) is 0.350. The molecule has 134 valence electrons. The van der Waals surface area contributed by atoms with Crippen LogP contribution in [-0.2, 0) is 13.0 Å². The molecule has 5 nitrogen and oxygen atoms in total. The maximum atomic E-state index is 13.0. The first kappa shape index (κ1) is 17.1. The summed E-state index contributed by atoms with van der Waals surface area (Å²) in [7, 11) is 0. The number of carbonyl (C=O) groups is 1. The number of hydrogen-bond acceptors (Lipinski definition) is 4. The minimum atomic E-state index is -0.132. The predicted octanol–water partition coefficient (Wildman–Crippen LogP) is 4.44. The summed E-state index contributed by atoms with van der Waals surface area (Å²) in [5, 5.41) is 3.02. The molecule has 6 heteroatoms. The second-order valence-electron chi connectivity index (χ2n) is 6.66. The number of rotatable bonds is 3. The smallest absolute Gasteiger partial charge is 0.258 e. The molecule has 1 N–H and O–H groups in total. The summed E-state index contributed by atoms with van der Waals surface area (Å²) in [5.41, 5.74) is 3.79. The van der Waals surface area contributed by atoms with Gasteiger partial charge >= 0.3 is 0 Å². The lowest BCUT2D eigenvalue weighted by molar-refractivity contribution is 0.102. The topological polar surface area (TPSA) is 59.8 Å². The highest BCUT2D eigenvalue weighted by molar-refractivity contribution is 7.98. The first-order valence-electron chi connectivity index (χ1n) is 8.98. The molecule has 4 rings (SSSR count). The highest BCUT2D eigenvalue weighted by Gasteiger charge is 2.21. The molecule has 1 aliphatic rings. The second kappa shape index (κ2) is 7.11. The fourth-order valence-electron chi connectivity index (χ4n) is 3.49. The summed E-state index contributed by atoms with van der Waals surface area (Å²) < 4.78 is 2.19. The van der Waals surface area contributed by atoms with Crippen molar-refractivity contribution in [3.05, 3.63) is 47.4 Å². The molecule has 0 saturated heterocycles. The zero-order valence-electron chi connectivity index (χ0n) is 15.1. The van der Waals surface area contributed by atoms with Crippen LogP contribution in [0.3, 0.4) is 0 Å². The number of imidazole rings is 1. The van der Waals surface area contributed by atoms with Gasteiger partial charge in [-0.1, -0.05) is 12.5 Å². The number of pyridine rings is 1. The number of carbonyl (C=O) groups excluding carboxylic acids is 1. The van der Waals surface area contributed by atoms with Gasteiger partial charge in [-0.2, -0.15) is 0 Å². The molecule has 1 aromatic carbocycles. The van der Waals surface area contributed by atoms with Crippen molar-refractivity contribution in [2.75, 3.05) is 11.6 Å². The van der Waals surface area contributed by atoms with Gasteiger partial charge in [-0.15, -0.1) is 11.8 Å². The van der Waals surface area contributed by atoms with Crippen LogP contribution >= 0.6 is 11.8 Å². The summed E-state index contributed by atoms with van der Waals surface area (Å²) in [4.78, 5) is 23.6. The van der Waals surface area contributed by atoms with Crippen LogP contribution in [-0.4, -0.2) is 26.7 Å². The number of aryl methyl sites for hydroxylation is 3. The molecule has 26 heavy (non-hydrogen) atoms. The van der Waals surface area contributed by atoms with Crippen LogP contribution in [0.4, 0.5) is 5.69 Å². The van der Waals surface area contributed by atoms with E-state index in [2.05, 4.69) is 14.9 Å². The van der Waals surface area contributed by atoms with Gasteiger partial charge in [-0.3, -0.25) is 4.79 Å². The molecule has 0 saturated carbocycles. The number of benzene rings is 1. The van der Waals surface area contributed by atoms with Crippen molar-refractivity contribution < 1.29 is 4.79 Å². The standard InChI is InChI=1S/C20H22N4OS/c1-13-11-16(20(25)22-14-7-6-8-15(12-14)26-2)18-19(21-13)24-10-5-3-4-9-17(24)23-18/h6-8,11-12H,3-5,9-10H2,1-2H3,(H,22,25). The lowest BCUT2D eigenvalue weighted by Crippen LogP contribution is -2.13. The number of hydrogen-bond donors (Lipinski definition) is 1. The number of thioether (sulfide) groups is 1. The Morgan fingerprint density at radius 3 is 2.92 bits per heavy atom. The monoisotopic (exact) mass is 366 g/mol. The second-order valence-corrected chi connectivity index (χ2v) is 7.54. The Morgan fingerprint density at radius 2 is 2.08 bits per heavy atom. The summed E-state index contributed by atoms with van der Waals surface area (Å²) in [5.74, 6) is 0.918. The molecular formula is C20H22N4OS. The third kappa shape index (κ3) is 3.21. The minimum Gasteiger partial charge on any atom is -0.322 e. The van der Waals surface area contributed by atoms with Gasteiger partial charge in [0.15, 0.2) is 5.65 Å². The Balaban J connectivity index is 1.74. The molecular weight excluding hydrogens is 344 g/mol. The number of amides is 1. The van der Waals surface area contributed by atoms with Crippen molar-refractivity contribution in [2.24, 2.45) is 0 Å². The Kier molecular flexibility index (Phi) is 4.68. The first-order valence-corrected chi connectivity index (χ1v) is 10.2. The van der Waals surface area contributed by atoms with Crippen molar-refractivity contribution in [1.82, 2.24) is 14.5 Å². The van der Waals surface area contributed by atoms with E-state index in [1.807, 2.05) is 43.5 Å². The van der Waals surface area contributed by atoms with Gasteiger partial charge in [0.2, 0.25) is 0 Å². The average Bonchev–Trinajstić information content (AvgIpc) is 2.82. The van der Waals surface area contributed by atoms with Gasteiger partial charge in [0.05, 0.1) is 5.56 Å². The molecule has 0 bridgehead atoms. The number of fused-ring (bicyclic) bond motifs is 3. The largest absolute Gasteiger partial charge is 0.322 e. The highest BCUT2D eigenvalue weighted by atomic mass is 32.2. The molecule has 0 unspecified atom stereocenters. The number of nitrogens with zero attached hydrogens (tertiary/aromatic N) is 3. The van der Waals surface area contributed by atoms with Gasteiger partial charge in [0, 0.05) is 29.2 Å². The summed E-state index contributed by atoms with van der Waals surface area (Å²) in [6.07, 6.45) is 6.47. The normalized spacial score (nSPS) is 14.1. The van der Waals surface area contributed by atoms with Crippen molar-refractivity contribution in [3.63, 3.8) is 0 Å². The number of nitrogens with one attached hydrogen (secondary N) is 1. The molecule has 1 amide bonds. The van der Waals surface area contributed by atoms with E-state index in [0.717, 1.165) is 53.6 Å². The van der Waals surface area contributed by atoms with Crippen LogP contribution in [0.5, 0.6) is 0 Å². The van der Waals surface area contributed by atoms with Crippen LogP contribution in [0.15, 0.2) is 35.2 Å². The molecule has 1 aliphatic heterocycles. The Bertz CT molecular complexity index is 979. The van der Waals surface area contributed by atoms with E-state index < -0.39 is 0 Å². The van der Waals surface area contributed by atoms with Crippen molar-refractivity contribution in [1.29, 1.82) is 0 Å². The quantitative estimate of drug-likeness (QED) is 0.696. The SMILES string of the molecule is CSc1cccc(NC(=O)c2cc(C)nc3c2nc2n3CCCCC2)c1. The summed E-state index contributed by atoms with van der Waals surface area (Å²) >= 11 is 1.65. The van der Waals surface area contributed by atoms with Crippen LogP contribution < -0.4 is 5.32 Å². The van der Waals surface area contributed by atoms with Crippen molar-refractivity contribution in [2.45, 2.75) is 44.0 Å². The van der Waals surface area contributed by atoms with Crippen LogP contribution in [0.25, 0.3) is 11.2 Å². The van der Waals surface area contributed by atoms with E-state index in [0.29, 0.717) is 11.1 Å². The molecule has 3 aromatic rings. The molecule has 0 atom stereocenters.